The molecule has 90 valence electrons. The van der Waals surface area contributed by atoms with E-state index in [4.69, 9.17) is 0 Å². The van der Waals surface area contributed by atoms with E-state index in [-0.39, 0.29) is 0 Å². The molecule has 0 heterocycles. The van der Waals surface area contributed by atoms with Crippen molar-refractivity contribution in [2.24, 2.45) is 17.8 Å². The highest BCUT2D eigenvalue weighted by Gasteiger charge is 2.19. The van der Waals surface area contributed by atoms with Gasteiger partial charge in [-0.05, 0) is 43.7 Å². The number of hydrogen-bond donors (Lipinski definition) is 1. The van der Waals surface area contributed by atoms with Crippen molar-refractivity contribution in [3.05, 3.63) is 0 Å². The molecule has 1 unspecified atom stereocenters. The molecule has 1 fully saturated rings. The SMILES string of the molecule is CCCNCC(C)CC1CCC(C)CC1. The van der Waals surface area contributed by atoms with Crippen LogP contribution in [0.1, 0.15) is 59.3 Å². The maximum absolute atomic E-state index is 3.53. The molecule has 0 amide bonds. The van der Waals surface area contributed by atoms with Crippen LogP contribution in [-0.2, 0) is 0 Å². The molecule has 1 heteroatoms. The predicted octanol–water partition coefficient (Wildman–Crippen LogP) is 3.84. The lowest BCUT2D eigenvalue weighted by Gasteiger charge is -2.28. The zero-order valence-corrected chi connectivity index (χ0v) is 10.9. The standard InChI is InChI=1S/C14H29N/c1-4-9-15-11-13(3)10-14-7-5-12(2)6-8-14/h12-15H,4-11H2,1-3H3. The van der Waals surface area contributed by atoms with E-state index in [1.165, 1.54) is 51.6 Å². The molecule has 0 radical (unpaired) electrons. The third-order valence-corrected chi connectivity index (χ3v) is 3.79. The van der Waals surface area contributed by atoms with Crippen molar-refractivity contribution in [2.75, 3.05) is 13.1 Å². The molecule has 1 saturated carbocycles. The van der Waals surface area contributed by atoms with Crippen molar-refractivity contribution < 1.29 is 0 Å². The van der Waals surface area contributed by atoms with Gasteiger partial charge >= 0.3 is 0 Å². The van der Waals surface area contributed by atoms with Crippen molar-refractivity contribution in [1.82, 2.24) is 5.32 Å². The molecule has 1 aliphatic rings. The first kappa shape index (κ1) is 13.0. The second-order valence-corrected chi connectivity index (χ2v) is 5.67. The molecule has 0 bridgehead atoms. The number of hydrogen-bond acceptors (Lipinski definition) is 1. The van der Waals surface area contributed by atoms with Crippen molar-refractivity contribution in [1.29, 1.82) is 0 Å². The summed E-state index contributed by atoms with van der Waals surface area (Å²) in [4.78, 5) is 0. The fourth-order valence-corrected chi connectivity index (χ4v) is 2.74. The molecule has 0 aliphatic heterocycles. The summed E-state index contributed by atoms with van der Waals surface area (Å²) in [5.74, 6) is 2.89. The van der Waals surface area contributed by atoms with E-state index >= 15 is 0 Å². The van der Waals surface area contributed by atoms with E-state index in [2.05, 4.69) is 26.1 Å². The summed E-state index contributed by atoms with van der Waals surface area (Å²) in [6.07, 6.45) is 8.62. The number of rotatable bonds is 6. The lowest BCUT2D eigenvalue weighted by Crippen LogP contribution is -2.24. The van der Waals surface area contributed by atoms with Crippen molar-refractivity contribution in [3.8, 4) is 0 Å². The van der Waals surface area contributed by atoms with Gasteiger partial charge in [-0.2, -0.15) is 0 Å². The molecule has 0 aromatic rings. The second kappa shape index (κ2) is 7.27. The van der Waals surface area contributed by atoms with Crippen LogP contribution in [0.25, 0.3) is 0 Å². The van der Waals surface area contributed by atoms with Gasteiger partial charge in [0.1, 0.15) is 0 Å². The third kappa shape index (κ3) is 5.55. The van der Waals surface area contributed by atoms with Crippen LogP contribution >= 0.6 is 0 Å². The van der Waals surface area contributed by atoms with Crippen LogP contribution in [0.4, 0.5) is 0 Å². The Morgan fingerprint density at radius 1 is 1.20 bits per heavy atom. The third-order valence-electron chi connectivity index (χ3n) is 3.79. The summed E-state index contributed by atoms with van der Waals surface area (Å²) in [6.45, 7) is 9.45. The minimum Gasteiger partial charge on any atom is -0.316 e. The molecule has 0 saturated heterocycles. The van der Waals surface area contributed by atoms with E-state index in [1.54, 1.807) is 0 Å². The van der Waals surface area contributed by atoms with Crippen LogP contribution in [0.3, 0.4) is 0 Å². The Bertz CT molecular complexity index is 147. The first-order valence-corrected chi connectivity index (χ1v) is 6.93. The Morgan fingerprint density at radius 3 is 2.47 bits per heavy atom. The lowest BCUT2D eigenvalue weighted by molar-refractivity contribution is 0.248. The van der Waals surface area contributed by atoms with Gasteiger partial charge in [0.05, 0.1) is 0 Å². The zero-order chi connectivity index (χ0) is 11.1. The molecule has 1 atom stereocenters. The van der Waals surface area contributed by atoms with E-state index < -0.39 is 0 Å². The van der Waals surface area contributed by atoms with Gasteiger partial charge in [-0.3, -0.25) is 0 Å². The van der Waals surface area contributed by atoms with Gasteiger partial charge in [0.2, 0.25) is 0 Å². The van der Waals surface area contributed by atoms with Gasteiger partial charge in [-0.1, -0.05) is 46.5 Å². The van der Waals surface area contributed by atoms with Crippen LogP contribution < -0.4 is 5.32 Å². The first-order chi connectivity index (χ1) is 7.22. The minimum atomic E-state index is 0.870. The highest BCUT2D eigenvalue weighted by Crippen LogP contribution is 2.32. The van der Waals surface area contributed by atoms with Crippen LogP contribution in [0.15, 0.2) is 0 Å². The Hall–Kier alpha value is -0.0400. The van der Waals surface area contributed by atoms with Crippen LogP contribution in [0.5, 0.6) is 0 Å². The molecule has 1 N–H and O–H groups in total. The Balaban J connectivity index is 2.06. The Morgan fingerprint density at radius 2 is 1.87 bits per heavy atom. The summed E-state index contributed by atoms with van der Waals surface area (Å²) in [5, 5.41) is 3.53. The second-order valence-electron chi connectivity index (χ2n) is 5.67. The molecule has 1 nitrogen and oxygen atoms in total. The monoisotopic (exact) mass is 211 g/mol. The normalized spacial score (nSPS) is 29.0. The molecule has 0 spiro atoms. The lowest BCUT2D eigenvalue weighted by atomic mass is 9.79. The van der Waals surface area contributed by atoms with Crippen LogP contribution in [0.2, 0.25) is 0 Å². The molecule has 0 aromatic heterocycles. The molecular weight excluding hydrogens is 182 g/mol. The van der Waals surface area contributed by atoms with Gasteiger partial charge in [0.15, 0.2) is 0 Å². The average Bonchev–Trinajstić information content (AvgIpc) is 2.22. The fourth-order valence-electron chi connectivity index (χ4n) is 2.74. The summed E-state index contributed by atoms with van der Waals surface area (Å²) in [7, 11) is 0. The molecule has 1 rings (SSSR count). The first-order valence-electron chi connectivity index (χ1n) is 6.93. The van der Waals surface area contributed by atoms with E-state index in [1.807, 2.05) is 0 Å². The summed E-state index contributed by atoms with van der Waals surface area (Å²) >= 11 is 0. The maximum Gasteiger partial charge on any atom is -0.00231 e. The van der Waals surface area contributed by atoms with Crippen molar-refractivity contribution in [3.63, 3.8) is 0 Å². The van der Waals surface area contributed by atoms with Gasteiger partial charge in [0.25, 0.3) is 0 Å². The summed E-state index contributed by atoms with van der Waals surface area (Å²) in [5.41, 5.74) is 0. The van der Waals surface area contributed by atoms with E-state index in [9.17, 15) is 0 Å². The maximum atomic E-state index is 3.53. The van der Waals surface area contributed by atoms with Gasteiger partial charge < -0.3 is 5.32 Å². The van der Waals surface area contributed by atoms with E-state index in [0.29, 0.717) is 0 Å². The zero-order valence-electron chi connectivity index (χ0n) is 10.9. The molecule has 1 aliphatic carbocycles. The Kier molecular flexibility index (Phi) is 6.31. The van der Waals surface area contributed by atoms with Gasteiger partial charge in [-0.25, -0.2) is 0 Å². The quantitative estimate of drug-likeness (QED) is 0.658. The van der Waals surface area contributed by atoms with Gasteiger partial charge in [0, 0.05) is 0 Å². The summed E-state index contributed by atoms with van der Waals surface area (Å²) < 4.78 is 0. The smallest absolute Gasteiger partial charge is 0.00231 e. The van der Waals surface area contributed by atoms with Gasteiger partial charge in [-0.15, -0.1) is 0 Å². The molecular formula is C14H29N. The Labute approximate surface area is 96.0 Å². The largest absolute Gasteiger partial charge is 0.316 e. The average molecular weight is 211 g/mol. The van der Waals surface area contributed by atoms with Crippen molar-refractivity contribution in [2.45, 2.75) is 59.3 Å². The van der Waals surface area contributed by atoms with Crippen LogP contribution in [0, 0.1) is 17.8 Å². The summed E-state index contributed by atoms with van der Waals surface area (Å²) in [6, 6.07) is 0. The highest BCUT2D eigenvalue weighted by atomic mass is 14.8. The van der Waals surface area contributed by atoms with Crippen molar-refractivity contribution >= 4 is 0 Å². The van der Waals surface area contributed by atoms with E-state index in [0.717, 1.165) is 17.8 Å². The molecule has 0 aromatic carbocycles. The highest BCUT2D eigenvalue weighted by molar-refractivity contribution is 4.72. The van der Waals surface area contributed by atoms with Crippen LogP contribution in [-0.4, -0.2) is 13.1 Å². The predicted molar refractivity (Wildman–Crippen MR) is 68.1 cm³/mol. The molecule has 15 heavy (non-hydrogen) atoms. The number of nitrogens with one attached hydrogen (secondary N) is 1. The fraction of sp³-hybridized carbons (Fsp3) is 1.00. The topological polar surface area (TPSA) is 12.0 Å². The minimum absolute atomic E-state index is 0.870.